The van der Waals surface area contributed by atoms with Crippen LogP contribution in [0, 0.1) is 0 Å². The van der Waals surface area contributed by atoms with Gasteiger partial charge in [-0.15, -0.1) is 0 Å². The average molecular weight is 421 g/mol. The molecule has 0 fully saturated rings. The first-order valence-electron chi connectivity index (χ1n) is 10.5. The molecule has 1 amide bonds. The molecule has 4 nitrogen and oxygen atoms in total. The molecule has 4 rings (SSSR count). The zero-order chi connectivity index (χ0) is 22.0. The monoisotopic (exact) mass is 420 g/mol. The number of hydrazone groups is 1. The van der Waals surface area contributed by atoms with Crippen LogP contribution >= 0.6 is 0 Å². The lowest BCUT2D eigenvalue weighted by atomic mass is 9.91. The highest BCUT2D eigenvalue weighted by molar-refractivity contribution is 5.89. The van der Waals surface area contributed by atoms with Crippen LogP contribution in [-0.2, 0) is 11.4 Å². The number of amides is 1. The third kappa shape index (κ3) is 5.49. The molecular weight excluding hydrogens is 396 g/mol. The summed E-state index contributed by atoms with van der Waals surface area (Å²) in [7, 11) is 0. The van der Waals surface area contributed by atoms with Crippen molar-refractivity contribution in [3.05, 3.63) is 138 Å². The second-order valence-electron chi connectivity index (χ2n) is 7.30. The predicted octanol–water partition coefficient (Wildman–Crippen LogP) is 5.55. The number of carbonyl (C=O) groups is 1. The molecule has 0 spiro atoms. The smallest absolute Gasteiger partial charge is 0.252 e. The van der Waals surface area contributed by atoms with Crippen molar-refractivity contribution in [1.82, 2.24) is 5.43 Å². The molecule has 4 heteroatoms. The Kier molecular flexibility index (Phi) is 7.06. The molecule has 4 aromatic carbocycles. The number of hydrogen-bond donors (Lipinski definition) is 1. The van der Waals surface area contributed by atoms with Crippen LogP contribution in [0.15, 0.2) is 120 Å². The molecule has 0 aliphatic heterocycles. The minimum Gasteiger partial charge on any atom is -0.488 e. The molecular formula is C28H24N2O2. The Hall–Kier alpha value is -4.18. The van der Waals surface area contributed by atoms with Gasteiger partial charge in [0.05, 0.1) is 12.1 Å². The average Bonchev–Trinajstić information content (AvgIpc) is 2.85. The second-order valence-corrected chi connectivity index (χ2v) is 7.30. The number of nitrogens with zero attached hydrogens (tertiary/aromatic N) is 1. The highest BCUT2D eigenvalue weighted by Gasteiger charge is 2.22. The molecule has 0 aliphatic carbocycles. The topological polar surface area (TPSA) is 50.7 Å². The fourth-order valence-corrected chi connectivity index (χ4v) is 3.47. The lowest BCUT2D eigenvalue weighted by Gasteiger charge is -2.16. The maximum absolute atomic E-state index is 13.1. The van der Waals surface area contributed by atoms with E-state index in [1.54, 1.807) is 6.21 Å². The Labute approximate surface area is 188 Å². The van der Waals surface area contributed by atoms with Crippen LogP contribution in [0.4, 0.5) is 0 Å². The fourth-order valence-electron chi connectivity index (χ4n) is 3.47. The van der Waals surface area contributed by atoms with E-state index < -0.39 is 5.92 Å². The van der Waals surface area contributed by atoms with Crippen LogP contribution in [0.2, 0.25) is 0 Å². The number of para-hydroxylation sites is 1. The highest BCUT2D eigenvalue weighted by Crippen LogP contribution is 2.24. The Balaban J connectivity index is 1.47. The molecule has 0 radical (unpaired) electrons. The molecule has 0 heterocycles. The molecule has 0 aliphatic rings. The summed E-state index contributed by atoms with van der Waals surface area (Å²) in [6.07, 6.45) is 1.62. The van der Waals surface area contributed by atoms with E-state index in [1.807, 2.05) is 115 Å². The van der Waals surface area contributed by atoms with Gasteiger partial charge < -0.3 is 4.74 Å². The van der Waals surface area contributed by atoms with Gasteiger partial charge in [0.25, 0.3) is 5.91 Å². The zero-order valence-corrected chi connectivity index (χ0v) is 17.6. The largest absolute Gasteiger partial charge is 0.488 e. The van der Waals surface area contributed by atoms with Gasteiger partial charge in [-0.2, -0.15) is 5.10 Å². The van der Waals surface area contributed by atoms with Gasteiger partial charge in [-0.1, -0.05) is 103 Å². The van der Waals surface area contributed by atoms with Gasteiger partial charge in [0, 0.05) is 5.56 Å². The first-order chi connectivity index (χ1) is 15.8. The van der Waals surface area contributed by atoms with E-state index in [4.69, 9.17) is 4.74 Å². The SMILES string of the molecule is O=C(N/N=C\c1ccccc1OCc1ccccc1)C(c1ccccc1)c1ccccc1. The summed E-state index contributed by atoms with van der Waals surface area (Å²) < 4.78 is 5.96. The summed E-state index contributed by atoms with van der Waals surface area (Å²) in [6.45, 7) is 0.460. The van der Waals surface area contributed by atoms with Crippen LogP contribution in [0.1, 0.15) is 28.2 Å². The van der Waals surface area contributed by atoms with E-state index >= 15 is 0 Å². The molecule has 1 N–H and O–H groups in total. The summed E-state index contributed by atoms with van der Waals surface area (Å²) in [5.41, 5.74) is 6.41. The van der Waals surface area contributed by atoms with Gasteiger partial charge in [0.1, 0.15) is 12.4 Å². The first-order valence-corrected chi connectivity index (χ1v) is 10.5. The first kappa shape index (κ1) is 21.1. The Bertz CT molecular complexity index is 1120. The lowest BCUT2D eigenvalue weighted by Crippen LogP contribution is -2.26. The molecule has 0 saturated heterocycles. The van der Waals surface area contributed by atoms with Crippen molar-refractivity contribution in [2.75, 3.05) is 0 Å². The Morgan fingerprint density at radius 3 is 1.91 bits per heavy atom. The van der Waals surface area contributed by atoms with Crippen molar-refractivity contribution < 1.29 is 9.53 Å². The highest BCUT2D eigenvalue weighted by atomic mass is 16.5. The zero-order valence-electron chi connectivity index (χ0n) is 17.6. The van der Waals surface area contributed by atoms with E-state index in [-0.39, 0.29) is 5.91 Å². The number of rotatable bonds is 8. The van der Waals surface area contributed by atoms with Crippen LogP contribution < -0.4 is 10.2 Å². The number of benzene rings is 4. The predicted molar refractivity (Wildman–Crippen MR) is 128 cm³/mol. The fraction of sp³-hybridized carbons (Fsp3) is 0.0714. The van der Waals surface area contributed by atoms with Gasteiger partial charge >= 0.3 is 0 Å². The summed E-state index contributed by atoms with van der Waals surface area (Å²) in [6, 6.07) is 37.0. The van der Waals surface area contributed by atoms with Gasteiger partial charge in [0.2, 0.25) is 0 Å². The third-order valence-corrected chi connectivity index (χ3v) is 5.06. The summed E-state index contributed by atoms with van der Waals surface area (Å²) in [5.74, 6) is 0.0671. The summed E-state index contributed by atoms with van der Waals surface area (Å²) in [5, 5.41) is 4.22. The summed E-state index contributed by atoms with van der Waals surface area (Å²) >= 11 is 0. The molecule has 0 saturated carbocycles. The molecule has 0 bridgehead atoms. The lowest BCUT2D eigenvalue weighted by molar-refractivity contribution is -0.121. The normalized spacial score (nSPS) is 10.9. The number of nitrogens with one attached hydrogen (secondary N) is 1. The number of carbonyl (C=O) groups excluding carboxylic acids is 1. The molecule has 0 atom stereocenters. The molecule has 0 aromatic heterocycles. The van der Waals surface area contributed by atoms with Gasteiger partial charge in [-0.05, 0) is 28.8 Å². The maximum Gasteiger partial charge on any atom is 0.252 e. The van der Waals surface area contributed by atoms with Crippen molar-refractivity contribution in [2.45, 2.75) is 12.5 Å². The van der Waals surface area contributed by atoms with Gasteiger partial charge in [-0.3, -0.25) is 4.79 Å². The van der Waals surface area contributed by atoms with E-state index in [1.165, 1.54) is 0 Å². The van der Waals surface area contributed by atoms with Crippen molar-refractivity contribution in [3.63, 3.8) is 0 Å². The van der Waals surface area contributed by atoms with Crippen LogP contribution in [-0.4, -0.2) is 12.1 Å². The van der Waals surface area contributed by atoms with E-state index in [0.717, 1.165) is 22.3 Å². The molecule has 0 unspecified atom stereocenters. The van der Waals surface area contributed by atoms with Crippen LogP contribution in [0.25, 0.3) is 0 Å². The molecule has 158 valence electrons. The summed E-state index contributed by atoms with van der Waals surface area (Å²) in [4.78, 5) is 13.1. The van der Waals surface area contributed by atoms with E-state index in [2.05, 4.69) is 10.5 Å². The van der Waals surface area contributed by atoms with Crippen LogP contribution in [0.5, 0.6) is 5.75 Å². The van der Waals surface area contributed by atoms with E-state index in [0.29, 0.717) is 12.4 Å². The quantitative estimate of drug-likeness (QED) is 0.300. The van der Waals surface area contributed by atoms with Gasteiger partial charge in [0.15, 0.2) is 0 Å². The Morgan fingerprint density at radius 2 is 1.28 bits per heavy atom. The number of ether oxygens (including phenoxy) is 1. The van der Waals surface area contributed by atoms with E-state index in [9.17, 15) is 4.79 Å². The minimum atomic E-state index is -0.445. The second kappa shape index (κ2) is 10.7. The maximum atomic E-state index is 13.1. The molecule has 32 heavy (non-hydrogen) atoms. The van der Waals surface area contributed by atoms with Crippen LogP contribution in [0.3, 0.4) is 0 Å². The van der Waals surface area contributed by atoms with Gasteiger partial charge in [-0.25, -0.2) is 5.43 Å². The van der Waals surface area contributed by atoms with Crippen molar-refractivity contribution in [2.24, 2.45) is 5.10 Å². The molecule has 4 aromatic rings. The Morgan fingerprint density at radius 1 is 0.750 bits per heavy atom. The standard InChI is InChI=1S/C28H24N2O2/c31-28(27(23-14-6-2-7-15-23)24-16-8-3-9-17-24)30-29-20-25-18-10-11-19-26(25)32-21-22-12-4-1-5-13-22/h1-20,27H,21H2,(H,30,31)/b29-20-. The van der Waals surface area contributed by atoms with Crippen molar-refractivity contribution in [3.8, 4) is 5.75 Å². The van der Waals surface area contributed by atoms with Crippen molar-refractivity contribution in [1.29, 1.82) is 0 Å². The minimum absolute atomic E-state index is 0.193. The number of hydrogen-bond acceptors (Lipinski definition) is 3. The van der Waals surface area contributed by atoms with Crippen molar-refractivity contribution >= 4 is 12.1 Å². The third-order valence-electron chi connectivity index (χ3n) is 5.06.